The summed E-state index contributed by atoms with van der Waals surface area (Å²) in [5.74, 6) is -0.719. The van der Waals surface area contributed by atoms with Crippen LogP contribution in [-0.2, 0) is 10.4 Å². The fourth-order valence-electron chi connectivity index (χ4n) is 3.82. The summed E-state index contributed by atoms with van der Waals surface area (Å²) in [6, 6.07) is 18.0. The number of para-hydroxylation sites is 1. The molecule has 5 heteroatoms. The zero-order chi connectivity index (χ0) is 19.9. The quantitative estimate of drug-likeness (QED) is 0.693. The molecule has 1 amide bonds. The molecule has 0 radical (unpaired) electrons. The maximum Gasteiger partial charge on any atom is 0.264 e. The van der Waals surface area contributed by atoms with Gasteiger partial charge in [0.25, 0.3) is 5.91 Å². The molecule has 0 saturated heterocycles. The lowest BCUT2D eigenvalue weighted by Gasteiger charge is -2.25. The van der Waals surface area contributed by atoms with Crippen molar-refractivity contribution in [3.05, 3.63) is 84.2 Å². The van der Waals surface area contributed by atoms with Crippen LogP contribution in [-0.4, -0.2) is 27.4 Å². The predicted molar refractivity (Wildman–Crippen MR) is 108 cm³/mol. The Labute approximate surface area is 163 Å². The van der Waals surface area contributed by atoms with Gasteiger partial charge in [0, 0.05) is 35.2 Å². The first kappa shape index (κ1) is 18.2. The van der Waals surface area contributed by atoms with Crippen LogP contribution >= 0.6 is 0 Å². The highest BCUT2D eigenvalue weighted by atomic mass is 16.3. The molecule has 0 spiro atoms. The second-order valence-electron chi connectivity index (χ2n) is 7.39. The first-order valence-electron chi connectivity index (χ1n) is 9.34. The van der Waals surface area contributed by atoms with E-state index in [9.17, 15) is 14.7 Å². The van der Waals surface area contributed by atoms with Crippen molar-refractivity contribution in [1.29, 1.82) is 0 Å². The molecule has 1 aliphatic rings. The Hall–Kier alpha value is -3.18. The number of carbonyl (C=O) groups is 2. The van der Waals surface area contributed by atoms with Gasteiger partial charge in [-0.05, 0) is 44.2 Å². The van der Waals surface area contributed by atoms with Crippen molar-refractivity contribution in [2.45, 2.75) is 31.9 Å². The molecule has 3 aromatic rings. The smallest absolute Gasteiger partial charge is 0.264 e. The summed E-state index contributed by atoms with van der Waals surface area (Å²) in [6.07, 6.45) is 3.50. The number of nitrogens with zero attached hydrogens (tertiary/aromatic N) is 2. The van der Waals surface area contributed by atoms with Crippen LogP contribution in [0, 0.1) is 0 Å². The van der Waals surface area contributed by atoms with Crippen molar-refractivity contribution in [1.82, 2.24) is 4.57 Å². The lowest BCUT2D eigenvalue weighted by molar-refractivity contribution is -0.136. The second-order valence-corrected chi connectivity index (χ2v) is 7.39. The number of ketones is 1. The molecule has 1 aromatic heterocycles. The average Bonchev–Trinajstić information content (AvgIpc) is 3.29. The lowest BCUT2D eigenvalue weighted by Crippen LogP contribution is -2.44. The van der Waals surface area contributed by atoms with Crippen LogP contribution in [0.5, 0.6) is 0 Å². The molecule has 1 N–H and O–H groups in total. The van der Waals surface area contributed by atoms with E-state index in [1.54, 1.807) is 35.2 Å². The topological polar surface area (TPSA) is 62.5 Å². The maximum atomic E-state index is 13.1. The van der Waals surface area contributed by atoms with Gasteiger partial charge < -0.3 is 14.6 Å². The molecule has 0 aliphatic carbocycles. The number of Topliss-reactive ketones (excluding diaryl/α,β-unsaturated/α-hetero) is 1. The number of hydrogen-bond acceptors (Lipinski definition) is 3. The van der Waals surface area contributed by atoms with Crippen LogP contribution in [0.3, 0.4) is 0 Å². The Balaban J connectivity index is 1.68. The van der Waals surface area contributed by atoms with Gasteiger partial charge >= 0.3 is 0 Å². The minimum Gasteiger partial charge on any atom is -0.375 e. The van der Waals surface area contributed by atoms with Crippen LogP contribution in [0.2, 0.25) is 0 Å². The zero-order valence-corrected chi connectivity index (χ0v) is 15.9. The molecule has 4 rings (SSSR count). The number of amides is 1. The summed E-state index contributed by atoms with van der Waals surface area (Å²) < 4.78 is 1.90. The van der Waals surface area contributed by atoms with Gasteiger partial charge in [-0.15, -0.1) is 0 Å². The highest BCUT2D eigenvalue weighted by Gasteiger charge is 2.51. The van der Waals surface area contributed by atoms with Gasteiger partial charge in [-0.3, -0.25) is 9.59 Å². The van der Waals surface area contributed by atoms with E-state index in [0.717, 1.165) is 5.69 Å². The summed E-state index contributed by atoms with van der Waals surface area (Å²) in [7, 11) is 0. The molecule has 5 nitrogen and oxygen atoms in total. The number of rotatable bonds is 5. The van der Waals surface area contributed by atoms with Crippen molar-refractivity contribution < 1.29 is 14.7 Å². The third-order valence-electron chi connectivity index (χ3n) is 5.19. The number of carbonyl (C=O) groups excluding carboxylic acids is 2. The van der Waals surface area contributed by atoms with E-state index >= 15 is 0 Å². The zero-order valence-electron chi connectivity index (χ0n) is 15.9. The number of anilines is 1. The first-order valence-corrected chi connectivity index (χ1v) is 9.34. The van der Waals surface area contributed by atoms with Crippen LogP contribution in [0.4, 0.5) is 5.69 Å². The number of benzene rings is 2. The summed E-state index contributed by atoms with van der Waals surface area (Å²) >= 11 is 0. The molecular formula is C23H22N2O3. The Morgan fingerprint density at radius 3 is 2.46 bits per heavy atom. The highest BCUT2D eigenvalue weighted by molar-refractivity contribution is 6.11. The third kappa shape index (κ3) is 2.84. The minimum absolute atomic E-state index is 0.116. The second kappa shape index (κ2) is 6.77. The van der Waals surface area contributed by atoms with Crippen LogP contribution in [0.25, 0.3) is 5.69 Å². The van der Waals surface area contributed by atoms with E-state index in [2.05, 4.69) is 0 Å². The van der Waals surface area contributed by atoms with Gasteiger partial charge in [0.2, 0.25) is 0 Å². The summed E-state index contributed by atoms with van der Waals surface area (Å²) in [4.78, 5) is 27.7. The lowest BCUT2D eigenvalue weighted by atomic mass is 9.88. The Bertz CT molecular complexity index is 1040. The molecule has 2 aromatic carbocycles. The Morgan fingerprint density at radius 1 is 1.04 bits per heavy atom. The van der Waals surface area contributed by atoms with Crippen molar-refractivity contribution in [3.63, 3.8) is 0 Å². The Morgan fingerprint density at radius 2 is 1.75 bits per heavy atom. The fourth-order valence-corrected chi connectivity index (χ4v) is 3.82. The summed E-state index contributed by atoms with van der Waals surface area (Å²) in [6.45, 7) is 3.78. The molecule has 0 saturated carbocycles. The van der Waals surface area contributed by atoms with E-state index in [4.69, 9.17) is 0 Å². The monoisotopic (exact) mass is 374 g/mol. The van der Waals surface area contributed by atoms with Crippen molar-refractivity contribution in [2.24, 2.45) is 0 Å². The molecular weight excluding hydrogens is 352 g/mol. The predicted octanol–water partition coefficient (Wildman–Crippen LogP) is 3.69. The summed E-state index contributed by atoms with van der Waals surface area (Å²) in [5.41, 5.74) is 0.627. The van der Waals surface area contributed by atoms with E-state index in [1.165, 1.54) is 0 Å². The van der Waals surface area contributed by atoms with Crippen molar-refractivity contribution >= 4 is 17.4 Å². The Kier molecular flexibility index (Phi) is 4.40. The van der Waals surface area contributed by atoms with Crippen molar-refractivity contribution in [2.75, 3.05) is 4.90 Å². The number of aromatic nitrogens is 1. The van der Waals surface area contributed by atoms with Crippen LogP contribution in [0.15, 0.2) is 73.1 Å². The molecule has 142 valence electrons. The van der Waals surface area contributed by atoms with Gasteiger partial charge in [0.05, 0.1) is 12.1 Å². The van der Waals surface area contributed by atoms with E-state index < -0.39 is 11.5 Å². The SMILES string of the molecule is CC(C)N1C(=O)[C@@](O)(CC(=O)c2cccc(-n3cccc3)c2)c2ccccc21. The standard InChI is InChI=1S/C23H22N2O3/c1-16(2)25-20-11-4-3-10-19(20)23(28,22(25)27)15-21(26)17-8-7-9-18(14-17)24-12-5-6-13-24/h3-14,16,28H,15H2,1-2H3/t23-/m1/s1. The first-order chi connectivity index (χ1) is 13.4. The number of aliphatic hydroxyl groups is 1. The molecule has 0 fully saturated rings. The van der Waals surface area contributed by atoms with Gasteiger partial charge in [-0.1, -0.05) is 30.3 Å². The molecule has 0 unspecified atom stereocenters. The fraction of sp³-hybridized carbons (Fsp3) is 0.217. The average molecular weight is 374 g/mol. The molecule has 0 bridgehead atoms. The van der Waals surface area contributed by atoms with Crippen LogP contribution < -0.4 is 4.90 Å². The number of fused-ring (bicyclic) bond motifs is 1. The van der Waals surface area contributed by atoms with E-state index in [-0.39, 0.29) is 18.2 Å². The highest BCUT2D eigenvalue weighted by Crippen LogP contribution is 2.43. The normalized spacial score (nSPS) is 18.6. The largest absolute Gasteiger partial charge is 0.375 e. The van der Waals surface area contributed by atoms with Crippen LogP contribution in [0.1, 0.15) is 36.2 Å². The van der Waals surface area contributed by atoms with Crippen molar-refractivity contribution in [3.8, 4) is 5.69 Å². The van der Waals surface area contributed by atoms with E-state index in [0.29, 0.717) is 16.8 Å². The molecule has 1 aliphatic heterocycles. The molecule has 2 heterocycles. The summed E-state index contributed by atoms with van der Waals surface area (Å²) in [5, 5.41) is 11.3. The van der Waals surface area contributed by atoms with Gasteiger partial charge in [-0.25, -0.2) is 0 Å². The van der Waals surface area contributed by atoms with Gasteiger partial charge in [0.1, 0.15) is 0 Å². The van der Waals surface area contributed by atoms with Gasteiger partial charge in [0.15, 0.2) is 11.4 Å². The molecule has 1 atom stereocenters. The number of hydrogen-bond donors (Lipinski definition) is 1. The van der Waals surface area contributed by atoms with Gasteiger partial charge in [-0.2, -0.15) is 0 Å². The minimum atomic E-state index is -1.85. The third-order valence-corrected chi connectivity index (χ3v) is 5.19. The molecule has 28 heavy (non-hydrogen) atoms. The van der Waals surface area contributed by atoms with E-state index in [1.807, 2.05) is 61.1 Å². The maximum absolute atomic E-state index is 13.1.